The molecule has 2 N–H and O–H groups in total. The minimum atomic E-state index is -0.480. The van der Waals surface area contributed by atoms with Gasteiger partial charge in [0.2, 0.25) is 0 Å². The molecule has 4 saturated carbocycles. The van der Waals surface area contributed by atoms with Crippen LogP contribution in [-0.4, -0.2) is 47.8 Å². The van der Waals surface area contributed by atoms with Crippen molar-refractivity contribution >= 4 is 34.6 Å². The third-order valence-corrected chi connectivity index (χ3v) is 7.64. The van der Waals surface area contributed by atoms with Crippen molar-refractivity contribution in [3.63, 3.8) is 0 Å². The number of nitro groups is 1. The molecule has 1 aliphatic heterocycles. The van der Waals surface area contributed by atoms with Crippen molar-refractivity contribution in [2.75, 3.05) is 31.2 Å². The van der Waals surface area contributed by atoms with Gasteiger partial charge in [-0.3, -0.25) is 20.2 Å². The van der Waals surface area contributed by atoms with Gasteiger partial charge in [0.05, 0.1) is 29.4 Å². The van der Waals surface area contributed by atoms with Gasteiger partial charge in [-0.05, 0) is 74.6 Å². The lowest BCUT2D eigenvalue weighted by molar-refractivity contribution is -0.384. The third-order valence-electron chi connectivity index (χ3n) is 7.43. The predicted octanol–water partition coefficient (Wildman–Crippen LogP) is 3.00. The third kappa shape index (κ3) is 4.13. The van der Waals surface area contributed by atoms with Gasteiger partial charge >= 0.3 is 0 Å². The number of hydrogen-bond acceptors (Lipinski definition) is 6. The van der Waals surface area contributed by atoms with Crippen molar-refractivity contribution in [3.8, 4) is 0 Å². The van der Waals surface area contributed by atoms with Crippen LogP contribution in [0.3, 0.4) is 0 Å². The zero-order chi connectivity index (χ0) is 21.6. The van der Waals surface area contributed by atoms with Gasteiger partial charge in [0.1, 0.15) is 0 Å². The second kappa shape index (κ2) is 8.02. The Hall–Kier alpha value is -2.26. The van der Waals surface area contributed by atoms with Gasteiger partial charge in [-0.15, -0.1) is 0 Å². The molecule has 0 spiro atoms. The number of amides is 1. The molecule has 5 aliphatic rings. The van der Waals surface area contributed by atoms with E-state index in [-0.39, 0.29) is 16.8 Å². The number of rotatable bonds is 4. The Morgan fingerprint density at radius 1 is 1.13 bits per heavy atom. The topological polar surface area (TPSA) is 96.7 Å². The zero-order valence-electron chi connectivity index (χ0n) is 17.5. The lowest BCUT2D eigenvalue weighted by Gasteiger charge is -2.57. The van der Waals surface area contributed by atoms with Crippen molar-refractivity contribution in [2.45, 2.75) is 44.1 Å². The van der Waals surface area contributed by atoms with E-state index in [1.807, 2.05) is 4.90 Å². The van der Waals surface area contributed by atoms with Crippen LogP contribution in [0.4, 0.5) is 11.4 Å². The van der Waals surface area contributed by atoms with Crippen molar-refractivity contribution in [3.05, 3.63) is 33.9 Å². The smallest absolute Gasteiger partial charge is 0.270 e. The highest BCUT2D eigenvalue weighted by Gasteiger charge is 2.51. The molecule has 1 aromatic rings. The second-order valence-electron chi connectivity index (χ2n) is 9.66. The molecule has 6 rings (SSSR count). The van der Waals surface area contributed by atoms with Crippen molar-refractivity contribution in [1.29, 1.82) is 0 Å². The average Bonchev–Trinajstić information content (AvgIpc) is 2.72. The molecule has 1 aromatic carbocycles. The Labute approximate surface area is 186 Å². The largest absolute Gasteiger partial charge is 0.378 e. The maximum atomic E-state index is 13.2. The van der Waals surface area contributed by atoms with Crippen LogP contribution < -0.4 is 15.5 Å². The molecule has 31 heavy (non-hydrogen) atoms. The number of carbonyl (C=O) groups excluding carboxylic acids is 1. The monoisotopic (exact) mass is 444 g/mol. The van der Waals surface area contributed by atoms with E-state index in [4.69, 9.17) is 17.0 Å². The number of carbonyl (C=O) groups is 1. The molecule has 0 aromatic heterocycles. The van der Waals surface area contributed by atoms with Crippen LogP contribution in [0, 0.1) is 27.9 Å². The zero-order valence-corrected chi connectivity index (χ0v) is 18.3. The Bertz CT molecular complexity index is 879. The number of thiocarbonyl (C=S) groups is 1. The van der Waals surface area contributed by atoms with E-state index in [1.165, 1.54) is 31.4 Å². The van der Waals surface area contributed by atoms with Gasteiger partial charge in [-0.2, -0.15) is 0 Å². The van der Waals surface area contributed by atoms with Gasteiger partial charge in [0, 0.05) is 30.8 Å². The number of nitro benzene ring substituents is 1. The summed E-state index contributed by atoms with van der Waals surface area (Å²) in [5, 5.41) is 17.9. The lowest BCUT2D eigenvalue weighted by Crippen LogP contribution is -2.61. The lowest BCUT2D eigenvalue weighted by atomic mass is 9.53. The number of anilines is 1. The number of hydrogen-bond donors (Lipinski definition) is 2. The first kappa shape index (κ1) is 20.6. The molecule has 8 nitrogen and oxygen atoms in total. The number of morpholine rings is 1. The molecule has 0 radical (unpaired) electrons. The Morgan fingerprint density at radius 2 is 1.74 bits per heavy atom. The van der Waals surface area contributed by atoms with Crippen molar-refractivity contribution in [2.24, 2.45) is 17.8 Å². The van der Waals surface area contributed by atoms with Crippen LogP contribution in [0.5, 0.6) is 0 Å². The Kier molecular flexibility index (Phi) is 5.34. The van der Waals surface area contributed by atoms with Crippen LogP contribution >= 0.6 is 12.2 Å². The van der Waals surface area contributed by atoms with Crippen molar-refractivity contribution in [1.82, 2.24) is 10.6 Å². The van der Waals surface area contributed by atoms with Gasteiger partial charge in [-0.1, -0.05) is 0 Å². The summed E-state index contributed by atoms with van der Waals surface area (Å²) in [6, 6.07) is 4.43. The molecule has 1 amide bonds. The normalized spacial score (nSPS) is 31.4. The van der Waals surface area contributed by atoms with E-state index in [2.05, 4.69) is 10.6 Å². The minimum absolute atomic E-state index is 0.00512. The first-order valence-corrected chi connectivity index (χ1v) is 11.6. The van der Waals surface area contributed by atoms with Gasteiger partial charge < -0.3 is 15.0 Å². The van der Waals surface area contributed by atoms with Gasteiger partial charge in [0.25, 0.3) is 11.6 Å². The minimum Gasteiger partial charge on any atom is -0.378 e. The fraction of sp³-hybridized carbons (Fsp3) is 0.636. The molecule has 166 valence electrons. The number of ether oxygens (including phenoxy) is 1. The standard InChI is InChI=1S/C22H28N4O4S/c27-20(18-10-17(26(28)29)1-2-19(18)25-3-5-30-6-4-25)23-21(31)24-22-11-14-7-15(12-22)9-16(8-14)13-22/h1-2,10,14-16H,3-9,11-13H2,(H2,23,24,27,31). The average molecular weight is 445 g/mol. The summed E-state index contributed by atoms with van der Waals surface area (Å²) in [7, 11) is 0. The van der Waals surface area contributed by atoms with E-state index in [0.29, 0.717) is 37.1 Å². The van der Waals surface area contributed by atoms with E-state index in [0.717, 1.165) is 37.0 Å². The fourth-order valence-corrected chi connectivity index (χ4v) is 6.91. The van der Waals surface area contributed by atoms with Crippen LogP contribution in [0.2, 0.25) is 0 Å². The summed E-state index contributed by atoms with van der Waals surface area (Å²) >= 11 is 5.54. The maximum Gasteiger partial charge on any atom is 0.270 e. The molecular weight excluding hydrogens is 416 g/mol. The van der Waals surface area contributed by atoms with E-state index < -0.39 is 10.8 Å². The highest BCUT2D eigenvalue weighted by molar-refractivity contribution is 7.80. The number of benzene rings is 1. The maximum absolute atomic E-state index is 13.2. The predicted molar refractivity (Wildman–Crippen MR) is 120 cm³/mol. The van der Waals surface area contributed by atoms with E-state index in [1.54, 1.807) is 6.07 Å². The molecule has 4 bridgehead atoms. The number of non-ortho nitro benzene ring substituents is 1. The van der Waals surface area contributed by atoms with E-state index >= 15 is 0 Å². The molecule has 5 fully saturated rings. The molecule has 1 saturated heterocycles. The molecule has 4 aliphatic carbocycles. The van der Waals surface area contributed by atoms with E-state index in [9.17, 15) is 14.9 Å². The van der Waals surface area contributed by atoms with Crippen LogP contribution in [0.15, 0.2) is 18.2 Å². The Balaban J connectivity index is 1.33. The summed E-state index contributed by atoms with van der Waals surface area (Å²) in [5.74, 6) is 1.89. The number of nitrogens with zero attached hydrogens (tertiary/aromatic N) is 2. The van der Waals surface area contributed by atoms with Gasteiger partial charge in [0.15, 0.2) is 5.11 Å². The quantitative estimate of drug-likeness (QED) is 0.419. The fourth-order valence-electron chi connectivity index (χ4n) is 6.61. The first-order valence-electron chi connectivity index (χ1n) is 11.2. The Morgan fingerprint density at radius 3 is 2.32 bits per heavy atom. The summed E-state index contributed by atoms with van der Waals surface area (Å²) < 4.78 is 5.40. The van der Waals surface area contributed by atoms with Crippen LogP contribution in [-0.2, 0) is 4.74 Å². The second-order valence-corrected chi connectivity index (χ2v) is 10.1. The highest BCUT2D eigenvalue weighted by atomic mass is 32.1. The molecule has 9 heteroatoms. The van der Waals surface area contributed by atoms with Crippen molar-refractivity contribution < 1.29 is 14.5 Å². The SMILES string of the molecule is O=C(NC(=S)NC12CC3CC(CC(C3)C1)C2)c1cc([N+](=O)[O-])ccc1N1CCOCC1. The molecule has 0 unspecified atom stereocenters. The first-order chi connectivity index (χ1) is 14.9. The molecule has 0 atom stereocenters. The van der Waals surface area contributed by atoms with Crippen LogP contribution in [0.1, 0.15) is 48.9 Å². The summed E-state index contributed by atoms with van der Waals surface area (Å²) in [5.41, 5.74) is 0.825. The summed E-state index contributed by atoms with van der Waals surface area (Å²) in [4.78, 5) is 26.0. The van der Waals surface area contributed by atoms with Gasteiger partial charge in [-0.25, -0.2) is 0 Å². The molecule has 1 heterocycles. The number of nitrogens with one attached hydrogen (secondary N) is 2. The summed E-state index contributed by atoms with van der Waals surface area (Å²) in [6.07, 6.45) is 7.34. The highest BCUT2D eigenvalue weighted by Crippen LogP contribution is 2.55. The van der Waals surface area contributed by atoms with Crippen LogP contribution in [0.25, 0.3) is 0 Å². The molecular formula is C22H28N4O4S. The summed E-state index contributed by atoms with van der Waals surface area (Å²) in [6.45, 7) is 2.39.